The summed E-state index contributed by atoms with van der Waals surface area (Å²) in [4.78, 5) is 0. The van der Waals surface area contributed by atoms with Crippen LogP contribution >= 0.6 is 12.2 Å². The number of nitrogens with one attached hydrogen (secondary N) is 1. The van der Waals surface area contributed by atoms with Crippen molar-refractivity contribution in [2.75, 3.05) is 0 Å². The molecule has 0 aliphatic carbocycles. The van der Waals surface area contributed by atoms with Crippen molar-refractivity contribution in [3.8, 4) is 0 Å². The van der Waals surface area contributed by atoms with Crippen LogP contribution in [0.5, 0.6) is 0 Å². The van der Waals surface area contributed by atoms with Gasteiger partial charge in [-0.3, -0.25) is 0 Å². The summed E-state index contributed by atoms with van der Waals surface area (Å²) in [6.45, 7) is 4.48. The van der Waals surface area contributed by atoms with Crippen molar-refractivity contribution in [1.82, 2.24) is 5.32 Å². The molecule has 0 aromatic heterocycles. The Morgan fingerprint density at radius 3 is 1.86 bits per heavy atom. The van der Waals surface area contributed by atoms with Gasteiger partial charge in [0.15, 0.2) is 0 Å². The first kappa shape index (κ1) is 13.9. The van der Waals surface area contributed by atoms with Crippen molar-refractivity contribution in [2.24, 2.45) is 0 Å². The van der Waals surface area contributed by atoms with Gasteiger partial charge in [-0.1, -0.05) is 64.6 Å². The number of rotatable bonds is 10. The van der Waals surface area contributed by atoms with Crippen molar-refractivity contribution in [1.29, 1.82) is 0 Å². The molecule has 0 fully saturated rings. The molecule has 0 unspecified atom stereocenters. The lowest BCUT2D eigenvalue weighted by Crippen LogP contribution is -2.26. The molecule has 0 saturated carbocycles. The Labute approximate surface area is 94.7 Å². The van der Waals surface area contributed by atoms with Gasteiger partial charge in [0, 0.05) is 6.04 Å². The largest absolute Gasteiger partial charge is 0.371 e. The number of hydrogen-bond donors (Lipinski definition) is 1. The zero-order valence-corrected chi connectivity index (χ0v) is 10.5. The fourth-order valence-electron chi connectivity index (χ4n) is 1.65. The van der Waals surface area contributed by atoms with E-state index in [2.05, 4.69) is 24.7 Å². The highest BCUT2D eigenvalue weighted by atomic mass is 32.1. The molecule has 1 N–H and O–H groups in total. The molecule has 0 heterocycles. The number of hydrogen-bond acceptors (Lipinski definition) is 1. The molecule has 0 saturated heterocycles. The maximum absolute atomic E-state index is 4.72. The van der Waals surface area contributed by atoms with Gasteiger partial charge in [0.1, 0.15) is 5.49 Å². The third kappa shape index (κ3) is 8.49. The van der Waals surface area contributed by atoms with Crippen LogP contribution in [0.25, 0.3) is 0 Å². The second-order valence-electron chi connectivity index (χ2n) is 3.93. The molecule has 14 heavy (non-hydrogen) atoms. The fraction of sp³-hybridized carbons (Fsp3) is 0.917. The first-order valence-corrected chi connectivity index (χ1v) is 6.38. The van der Waals surface area contributed by atoms with Gasteiger partial charge in [-0.15, -0.1) is 0 Å². The normalized spacial score (nSPS) is 10.5. The lowest BCUT2D eigenvalue weighted by molar-refractivity contribution is 0.474. The minimum atomic E-state index is 0.575. The summed E-state index contributed by atoms with van der Waals surface area (Å²) in [5, 5.41) is 3.17. The van der Waals surface area contributed by atoms with Gasteiger partial charge in [-0.25, -0.2) is 0 Å². The Kier molecular flexibility index (Phi) is 10.9. The summed E-state index contributed by atoms with van der Waals surface area (Å²) in [6, 6.07) is 0.575. The Bertz CT molecular complexity index is 115. The van der Waals surface area contributed by atoms with Crippen LogP contribution in [0.1, 0.15) is 65.2 Å². The van der Waals surface area contributed by atoms with Gasteiger partial charge < -0.3 is 5.32 Å². The minimum absolute atomic E-state index is 0.575. The molecule has 0 aromatic rings. The third-order valence-corrected chi connectivity index (χ3v) is 2.69. The van der Waals surface area contributed by atoms with Crippen LogP contribution in [0.3, 0.4) is 0 Å². The Morgan fingerprint density at radius 1 is 1.00 bits per heavy atom. The predicted octanol–water partition coefficient (Wildman–Crippen LogP) is 3.94. The molecular formula is C12H24NS. The molecule has 0 aromatic carbocycles. The van der Waals surface area contributed by atoms with Crippen molar-refractivity contribution >= 4 is 17.7 Å². The highest BCUT2D eigenvalue weighted by Gasteiger charge is 2.05. The zero-order valence-electron chi connectivity index (χ0n) is 9.64. The van der Waals surface area contributed by atoms with Gasteiger partial charge in [-0.05, 0) is 12.8 Å². The first-order chi connectivity index (χ1) is 6.85. The standard InChI is InChI=1S/C12H24NS/c1-3-5-7-9-12(13-11-14)10-8-6-4-2/h12H,3-10H2,1-2H3,(H,13,14). The van der Waals surface area contributed by atoms with E-state index in [0.29, 0.717) is 6.04 Å². The molecule has 1 nitrogen and oxygen atoms in total. The lowest BCUT2D eigenvalue weighted by Gasteiger charge is -2.15. The van der Waals surface area contributed by atoms with Crippen LogP contribution in [0.2, 0.25) is 0 Å². The van der Waals surface area contributed by atoms with E-state index in [4.69, 9.17) is 12.2 Å². The summed E-state index contributed by atoms with van der Waals surface area (Å²) in [7, 11) is 0. The molecule has 0 spiro atoms. The van der Waals surface area contributed by atoms with Crippen LogP contribution in [-0.2, 0) is 0 Å². The van der Waals surface area contributed by atoms with E-state index in [9.17, 15) is 0 Å². The van der Waals surface area contributed by atoms with Crippen LogP contribution < -0.4 is 5.32 Å². The maximum Gasteiger partial charge on any atom is 0.134 e. The molecule has 2 heteroatoms. The summed E-state index contributed by atoms with van der Waals surface area (Å²) in [5.74, 6) is 0. The molecular weight excluding hydrogens is 190 g/mol. The van der Waals surface area contributed by atoms with E-state index >= 15 is 0 Å². The molecule has 1 radical (unpaired) electrons. The van der Waals surface area contributed by atoms with Crippen LogP contribution in [-0.4, -0.2) is 11.5 Å². The summed E-state index contributed by atoms with van der Waals surface area (Å²) in [6.07, 6.45) is 10.4. The van der Waals surface area contributed by atoms with Gasteiger partial charge in [0.2, 0.25) is 0 Å². The van der Waals surface area contributed by atoms with Crippen LogP contribution in [0.4, 0.5) is 0 Å². The monoisotopic (exact) mass is 214 g/mol. The van der Waals surface area contributed by atoms with E-state index in [1.54, 1.807) is 0 Å². The molecule has 0 aliphatic rings. The highest BCUT2D eigenvalue weighted by molar-refractivity contribution is 7.78. The maximum atomic E-state index is 4.72. The molecule has 0 aliphatic heterocycles. The van der Waals surface area contributed by atoms with Gasteiger partial charge in [-0.2, -0.15) is 0 Å². The fourth-order valence-corrected chi connectivity index (χ4v) is 1.82. The van der Waals surface area contributed by atoms with Gasteiger partial charge in [0.25, 0.3) is 0 Å². The lowest BCUT2D eigenvalue weighted by atomic mass is 10.0. The topological polar surface area (TPSA) is 12.0 Å². The van der Waals surface area contributed by atoms with E-state index in [-0.39, 0.29) is 0 Å². The van der Waals surface area contributed by atoms with E-state index < -0.39 is 0 Å². The Hall–Kier alpha value is -0.110. The summed E-state index contributed by atoms with van der Waals surface area (Å²) >= 11 is 4.72. The Balaban J connectivity index is 3.49. The molecule has 83 valence electrons. The molecule has 0 atom stereocenters. The number of unbranched alkanes of at least 4 members (excludes halogenated alkanes) is 4. The highest BCUT2D eigenvalue weighted by Crippen LogP contribution is 2.10. The molecule has 0 rings (SSSR count). The average molecular weight is 214 g/mol. The smallest absolute Gasteiger partial charge is 0.134 e. The van der Waals surface area contributed by atoms with Gasteiger partial charge in [0.05, 0.1) is 0 Å². The SMILES string of the molecule is CCCCCC(CCCCC)N[C]=S. The Morgan fingerprint density at radius 2 is 1.50 bits per heavy atom. The van der Waals surface area contributed by atoms with Crippen molar-refractivity contribution in [2.45, 2.75) is 71.3 Å². The van der Waals surface area contributed by atoms with Gasteiger partial charge >= 0.3 is 0 Å². The van der Waals surface area contributed by atoms with Crippen molar-refractivity contribution < 1.29 is 0 Å². The van der Waals surface area contributed by atoms with Crippen molar-refractivity contribution in [3.63, 3.8) is 0 Å². The predicted molar refractivity (Wildman–Crippen MR) is 67.8 cm³/mol. The van der Waals surface area contributed by atoms with E-state index in [1.165, 1.54) is 51.4 Å². The second kappa shape index (κ2) is 11.0. The first-order valence-electron chi connectivity index (χ1n) is 5.97. The number of thiocarbonyl (C=S) groups is 1. The zero-order chi connectivity index (χ0) is 10.6. The minimum Gasteiger partial charge on any atom is -0.371 e. The average Bonchev–Trinajstić information content (AvgIpc) is 2.18. The summed E-state index contributed by atoms with van der Waals surface area (Å²) < 4.78 is 0. The molecule has 0 amide bonds. The third-order valence-electron chi connectivity index (χ3n) is 2.58. The summed E-state index contributed by atoms with van der Waals surface area (Å²) in [5.41, 5.74) is 2.65. The second-order valence-corrected chi connectivity index (χ2v) is 4.14. The van der Waals surface area contributed by atoms with Crippen LogP contribution in [0.15, 0.2) is 0 Å². The van der Waals surface area contributed by atoms with E-state index in [1.807, 2.05) is 0 Å². The van der Waals surface area contributed by atoms with Crippen molar-refractivity contribution in [3.05, 3.63) is 0 Å². The quantitative estimate of drug-likeness (QED) is 0.336. The molecule has 0 bridgehead atoms. The van der Waals surface area contributed by atoms with E-state index in [0.717, 1.165) is 0 Å². The van der Waals surface area contributed by atoms with Crippen LogP contribution in [0, 0.1) is 0 Å².